The van der Waals surface area contributed by atoms with Crippen molar-refractivity contribution >= 4 is 33.4 Å². The number of anilines is 1. The fraction of sp³-hybridized carbons (Fsp3) is 0.174. The molecule has 0 radical (unpaired) electrons. The van der Waals surface area contributed by atoms with Crippen LogP contribution in [-0.2, 0) is 28.1 Å². The lowest BCUT2D eigenvalue weighted by Crippen LogP contribution is -2.14. The van der Waals surface area contributed by atoms with Gasteiger partial charge in [-0.2, -0.15) is 26.3 Å². The van der Waals surface area contributed by atoms with Crippen LogP contribution in [0.4, 0.5) is 32.0 Å². The first-order valence-corrected chi connectivity index (χ1v) is 12.4. The van der Waals surface area contributed by atoms with Crippen molar-refractivity contribution in [2.24, 2.45) is 0 Å². The van der Waals surface area contributed by atoms with E-state index in [1.807, 2.05) is 0 Å². The lowest BCUT2D eigenvalue weighted by Gasteiger charge is -2.14. The molecule has 13 heteroatoms. The number of thioether (sulfide) groups is 1. The summed E-state index contributed by atoms with van der Waals surface area (Å²) in [5.74, 6) is -1.48. The molecule has 5 nitrogen and oxygen atoms in total. The van der Waals surface area contributed by atoms with Gasteiger partial charge in [0.1, 0.15) is 0 Å². The van der Waals surface area contributed by atoms with Crippen LogP contribution in [0.1, 0.15) is 32.6 Å². The molecule has 0 amide bonds. The van der Waals surface area contributed by atoms with Crippen LogP contribution in [0.3, 0.4) is 0 Å². The lowest BCUT2D eigenvalue weighted by atomic mass is 10.1. The summed E-state index contributed by atoms with van der Waals surface area (Å²) in [5.41, 5.74) is -2.66. The lowest BCUT2D eigenvalue weighted by molar-refractivity contribution is -0.143. The van der Waals surface area contributed by atoms with Crippen LogP contribution in [-0.4, -0.2) is 19.5 Å². The van der Waals surface area contributed by atoms with E-state index in [1.54, 1.807) is 0 Å². The summed E-state index contributed by atoms with van der Waals surface area (Å²) in [4.78, 5) is 11.5. The van der Waals surface area contributed by atoms with E-state index in [-0.39, 0.29) is 33.5 Å². The van der Waals surface area contributed by atoms with Gasteiger partial charge in [-0.1, -0.05) is 6.07 Å². The number of sulfonamides is 1. The summed E-state index contributed by atoms with van der Waals surface area (Å²) in [7, 11) is -4.12. The van der Waals surface area contributed by atoms with Crippen molar-refractivity contribution < 1.29 is 44.7 Å². The Kier molecular flexibility index (Phi) is 7.65. The number of aromatic carboxylic acids is 1. The topological polar surface area (TPSA) is 83.5 Å². The predicted octanol–water partition coefficient (Wildman–Crippen LogP) is 6.82. The number of halogens is 6. The molecule has 2 N–H and O–H groups in total. The molecule has 0 heterocycles. The monoisotopic (exact) mass is 549 g/mol. The van der Waals surface area contributed by atoms with E-state index in [4.69, 9.17) is 0 Å². The molecule has 0 fully saturated rings. The summed E-state index contributed by atoms with van der Waals surface area (Å²) in [5, 5.41) is 9.19. The Hall–Kier alpha value is -3.19. The number of nitrogens with one attached hydrogen (secondary N) is 1. The van der Waals surface area contributed by atoms with Gasteiger partial charge in [-0.15, -0.1) is 11.8 Å². The van der Waals surface area contributed by atoms with Gasteiger partial charge in [0.15, 0.2) is 0 Å². The smallest absolute Gasteiger partial charge is 0.416 e. The van der Waals surface area contributed by atoms with E-state index in [0.29, 0.717) is 22.6 Å². The predicted molar refractivity (Wildman–Crippen MR) is 121 cm³/mol. The molecule has 0 bridgehead atoms. The number of rotatable bonds is 7. The summed E-state index contributed by atoms with van der Waals surface area (Å²) < 4.78 is 106. The van der Waals surface area contributed by atoms with Crippen molar-refractivity contribution in [2.45, 2.75) is 34.8 Å². The largest absolute Gasteiger partial charge is 0.478 e. The minimum Gasteiger partial charge on any atom is -0.478 e. The maximum atomic E-state index is 13.0. The molecule has 0 spiro atoms. The number of alkyl halides is 6. The molecule has 0 atom stereocenters. The summed E-state index contributed by atoms with van der Waals surface area (Å²) in [6.07, 6.45) is -9.88. The summed E-state index contributed by atoms with van der Waals surface area (Å²) >= 11 is 0.965. The van der Waals surface area contributed by atoms with Crippen LogP contribution in [0, 0.1) is 6.92 Å². The van der Waals surface area contributed by atoms with E-state index in [2.05, 4.69) is 4.72 Å². The van der Waals surface area contributed by atoms with E-state index >= 15 is 0 Å². The molecule has 0 saturated heterocycles. The van der Waals surface area contributed by atoms with Crippen molar-refractivity contribution in [1.29, 1.82) is 0 Å². The van der Waals surface area contributed by atoms with Crippen LogP contribution < -0.4 is 4.72 Å². The van der Waals surface area contributed by atoms with Crippen LogP contribution in [0.5, 0.6) is 0 Å². The summed E-state index contributed by atoms with van der Waals surface area (Å²) in [6.45, 7) is 1.52. The fourth-order valence-electron chi connectivity index (χ4n) is 3.10. The Bertz CT molecular complexity index is 1350. The van der Waals surface area contributed by atoms with Crippen molar-refractivity contribution in [3.05, 3.63) is 88.5 Å². The Morgan fingerprint density at radius 1 is 0.889 bits per heavy atom. The van der Waals surface area contributed by atoms with E-state index in [9.17, 15) is 44.7 Å². The van der Waals surface area contributed by atoms with Gasteiger partial charge in [0.25, 0.3) is 10.0 Å². The minimum atomic E-state index is -4.94. The molecule has 3 aromatic rings. The molecule has 0 aliphatic heterocycles. The van der Waals surface area contributed by atoms with Crippen LogP contribution >= 0.6 is 11.8 Å². The highest BCUT2D eigenvalue weighted by Gasteiger charge is 2.36. The molecular weight excluding hydrogens is 532 g/mol. The van der Waals surface area contributed by atoms with Crippen LogP contribution in [0.2, 0.25) is 0 Å². The number of hydrogen-bond donors (Lipinski definition) is 2. The van der Waals surface area contributed by atoms with Crippen molar-refractivity contribution in [1.82, 2.24) is 0 Å². The van der Waals surface area contributed by atoms with Crippen molar-refractivity contribution in [2.75, 3.05) is 4.72 Å². The first-order chi connectivity index (χ1) is 16.6. The second kappa shape index (κ2) is 10.1. The second-order valence-corrected chi connectivity index (χ2v) is 10.3. The van der Waals surface area contributed by atoms with Gasteiger partial charge in [-0.25, -0.2) is 13.2 Å². The number of carboxylic acids is 1. The molecule has 3 rings (SSSR count). The Labute approximate surface area is 206 Å². The van der Waals surface area contributed by atoms with E-state index in [1.165, 1.54) is 43.3 Å². The Morgan fingerprint density at radius 2 is 1.44 bits per heavy atom. The van der Waals surface area contributed by atoms with Gasteiger partial charge in [0, 0.05) is 16.3 Å². The summed E-state index contributed by atoms with van der Waals surface area (Å²) in [6, 6.07) is 10.6. The number of hydrogen-bond acceptors (Lipinski definition) is 4. The van der Waals surface area contributed by atoms with Gasteiger partial charge in [0.2, 0.25) is 0 Å². The normalized spacial score (nSPS) is 12.4. The van der Waals surface area contributed by atoms with Crippen LogP contribution in [0.25, 0.3) is 0 Å². The number of carbonyl (C=O) groups is 1. The standard InChI is InChI=1S/C23H17F6NO4S2/c1-13-2-7-19(11-20(13)21(31)32)36(33,34)30-17-3-5-18(6-4-17)35-12-14-8-15(22(24,25)26)10-16(9-14)23(27,28)29/h2-11,30H,12H2,1H3,(H,31,32). The van der Waals surface area contributed by atoms with E-state index < -0.39 is 39.5 Å². The SMILES string of the molecule is Cc1ccc(S(=O)(=O)Nc2ccc(SCc3cc(C(F)(F)F)cc(C(F)(F)F)c3)cc2)cc1C(=O)O. The maximum Gasteiger partial charge on any atom is 0.416 e. The Morgan fingerprint density at radius 3 is 1.94 bits per heavy atom. The first kappa shape index (κ1) is 27.4. The average Bonchev–Trinajstić information content (AvgIpc) is 2.77. The molecule has 0 aromatic heterocycles. The highest BCUT2D eigenvalue weighted by molar-refractivity contribution is 7.98. The first-order valence-electron chi connectivity index (χ1n) is 9.94. The van der Waals surface area contributed by atoms with Gasteiger partial charge in [-0.05, 0) is 72.6 Å². The van der Waals surface area contributed by atoms with Gasteiger partial charge >= 0.3 is 18.3 Å². The highest BCUT2D eigenvalue weighted by atomic mass is 32.2. The maximum absolute atomic E-state index is 13.0. The van der Waals surface area contributed by atoms with Gasteiger partial charge in [-0.3, -0.25) is 4.72 Å². The average molecular weight is 550 g/mol. The quantitative estimate of drug-likeness (QED) is 0.250. The molecular formula is C23H17F6NO4S2. The fourth-order valence-corrected chi connectivity index (χ4v) is 5.01. The van der Waals surface area contributed by atoms with E-state index in [0.717, 1.165) is 17.8 Å². The molecule has 0 aliphatic rings. The van der Waals surface area contributed by atoms with Crippen LogP contribution in [0.15, 0.2) is 70.5 Å². The minimum absolute atomic E-state index is 0.0581. The van der Waals surface area contributed by atoms with Crippen molar-refractivity contribution in [3.8, 4) is 0 Å². The zero-order chi connectivity index (χ0) is 26.9. The molecule has 3 aromatic carbocycles. The highest BCUT2D eigenvalue weighted by Crippen LogP contribution is 2.37. The molecule has 0 unspecified atom stereocenters. The molecule has 192 valence electrons. The zero-order valence-electron chi connectivity index (χ0n) is 18.2. The third-order valence-electron chi connectivity index (χ3n) is 4.91. The van der Waals surface area contributed by atoms with Gasteiger partial charge < -0.3 is 5.11 Å². The number of benzene rings is 3. The number of carboxylic acid groups (broad SMARTS) is 1. The molecule has 0 aliphatic carbocycles. The second-order valence-electron chi connectivity index (χ2n) is 7.61. The zero-order valence-corrected chi connectivity index (χ0v) is 19.9. The van der Waals surface area contributed by atoms with Gasteiger partial charge in [0.05, 0.1) is 21.6 Å². The van der Waals surface area contributed by atoms with Crippen molar-refractivity contribution in [3.63, 3.8) is 0 Å². The Balaban J connectivity index is 1.75. The number of aryl methyl sites for hydroxylation is 1. The molecule has 0 saturated carbocycles. The molecule has 36 heavy (non-hydrogen) atoms. The third kappa shape index (κ3) is 6.72. The third-order valence-corrected chi connectivity index (χ3v) is 7.37.